The van der Waals surface area contributed by atoms with Crippen molar-refractivity contribution in [3.63, 3.8) is 0 Å². The first-order valence-corrected chi connectivity index (χ1v) is 5.61. The van der Waals surface area contributed by atoms with Gasteiger partial charge in [0, 0.05) is 0 Å². The van der Waals surface area contributed by atoms with E-state index < -0.39 is 0 Å². The van der Waals surface area contributed by atoms with E-state index >= 15 is 0 Å². The van der Waals surface area contributed by atoms with Gasteiger partial charge in [-0.15, -0.1) is 0 Å². The Hall–Kier alpha value is -1.34. The van der Waals surface area contributed by atoms with Crippen LogP contribution in [0.15, 0.2) is 36.4 Å². The third kappa shape index (κ3) is 1.27. The van der Waals surface area contributed by atoms with Gasteiger partial charge in [0.05, 0.1) is 0 Å². The first-order valence-electron chi connectivity index (χ1n) is 5.61. The predicted molar refractivity (Wildman–Crippen MR) is 64.1 cm³/mol. The van der Waals surface area contributed by atoms with Crippen LogP contribution in [-0.4, -0.2) is 6.54 Å². The SMILES string of the molecule is NCC[C@@H]1Cc2cccc3cccc1c23. The largest absolute Gasteiger partial charge is 0.330 e. The van der Waals surface area contributed by atoms with Crippen molar-refractivity contribution >= 4 is 10.8 Å². The van der Waals surface area contributed by atoms with E-state index in [-0.39, 0.29) is 0 Å². The van der Waals surface area contributed by atoms with Crippen LogP contribution in [0.4, 0.5) is 0 Å². The van der Waals surface area contributed by atoms with E-state index in [9.17, 15) is 0 Å². The Labute approximate surface area is 89.9 Å². The van der Waals surface area contributed by atoms with E-state index in [1.807, 2.05) is 0 Å². The molecule has 0 unspecified atom stereocenters. The molecule has 1 heteroatoms. The van der Waals surface area contributed by atoms with Crippen LogP contribution in [0.2, 0.25) is 0 Å². The molecule has 1 aliphatic rings. The van der Waals surface area contributed by atoms with Gasteiger partial charge in [0.1, 0.15) is 0 Å². The molecule has 76 valence electrons. The minimum absolute atomic E-state index is 0.649. The molecule has 2 aromatic carbocycles. The molecular weight excluding hydrogens is 182 g/mol. The van der Waals surface area contributed by atoms with Gasteiger partial charge in [-0.2, -0.15) is 0 Å². The average molecular weight is 197 g/mol. The Balaban J connectivity index is 2.22. The molecule has 0 aromatic heterocycles. The molecule has 2 aromatic rings. The maximum atomic E-state index is 5.67. The fourth-order valence-electron chi connectivity index (χ4n) is 2.79. The molecule has 0 saturated carbocycles. The van der Waals surface area contributed by atoms with Crippen LogP contribution in [0.3, 0.4) is 0 Å². The van der Waals surface area contributed by atoms with E-state index in [0.717, 1.165) is 13.0 Å². The van der Waals surface area contributed by atoms with Crippen molar-refractivity contribution in [2.45, 2.75) is 18.8 Å². The summed E-state index contributed by atoms with van der Waals surface area (Å²) in [6, 6.07) is 13.2. The summed E-state index contributed by atoms with van der Waals surface area (Å²) in [7, 11) is 0. The molecule has 1 atom stereocenters. The van der Waals surface area contributed by atoms with Crippen molar-refractivity contribution in [3.8, 4) is 0 Å². The van der Waals surface area contributed by atoms with Gasteiger partial charge < -0.3 is 5.73 Å². The molecule has 0 spiro atoms. The van der Waals surface area contributed by atoms with Gasteiger partial charge >= 0.3 is 0 Å². The average Bonchev–Trinajstić information content (AvgIpc) is 2.61. The normalized spacial score (nSPS) is 18.6. The molecule has 0 aliphatic heterocycles. The highest BCUT2D eigenvalue weighted by atomic mass is 14.5. The summed E-state index contributed by atoms with van der Waals surface area (Å²) in [5.74, 6) is 0.649. The molecule has 0 amide bonds. The number of hydrogen-bond acceptors (Lipinski definition) is 1. The first kappa shape index (κ1) is 8.93. The lowest BCUT2D eigenvalue weighted by molar-refractivity contribution is 0.652. The number of benzene rings is 2. The van der Waals surface area contributed by atoms with Crippen LogP contribution >= 0.6 is 0 Å². The molecule has 0 heterocycles. The molecule has 0 bridgehead atoms. The maximum absolute atomic E-state index is 5.67. The Bertz CT molecular complexity index is 496. The highest BCUT2D eigenvalue weighted by Crippen LogP contribution is 2.39. The lowest BCUT2D eigenvalue weighted by atomic mass is 9.97. The third-order valence-electron chi connectivity index (χ3n) is 3.44. The summed E-state index contributed by atoms with van der Waals surface area (Å²) in [5.41, 5.74) is 8.68. The van der Waals surface area contributed by atoms with Gasteiger partial charge in [-0.1, -0.05) is 36.4 Å². The summed E-state index contributed by atoms with van der Waals surface area (Å²) < 4.78 is 0. The zero-order valence-electron chi connectivity index (χ0n) is 8.74. The fourth-order valence-corrected chi connectivity index (χ4v) is 2.79. The molecular formula is C14H15N. The Morgan fingerprint density at radius 3 is 2.73 bits per heavy atom. The van der Waals surface area contributed by atoms with E-state index in [1.165, 1.54) is 28.3 Å². The summed E-state index contributed by atoms with van der Waals surface area (Å²) in [4.78, 5) is 0. The highest BCUT2D eigenvalue weighted by Gasteiger charge is 2.22. The molecule has 2 N–H and O–H groups in total. The Morgan fingerprint density at radius 1 is 1.13 bits per heavy atom. The molecule has 0 radical (unpaired) electrons. The molecule has 0 fully saturated rings. The van der Waals surface area contributed by atoms with Crippen LogP contribution < -0.4 is 5.73 Å². The smallest absolute Gasteiger partial charge is 0.00713 e. The monoisotopic (exact) mass is 197 g/mol. The van der Waals surface area contributed by atoms with Crippen LogP contribution in [0, 0.1) is 0 Å². The summed E-state index contributed by atoms with van der Waals surface area (Å²) in [5, 5.41) is 2.86. The van der Waals surface area contributed by atoms with Gasteiger partial charge in [-0.05, 0) is 47.2 Å². The van der Waals surface area contributed by atoms with Gasteiger partial charge in [-0.25, -0.2) is 0 Å². The zero-order valence-corrected chi connectivity index (χ0v) is 8.74. The van der Waals surface area contributed by atoms with Crippen molar-refractivity contribution in [1.29, 1.82) is 0 Å². The first-order chi connectivity index (χ1) is 7.40. The fraction of sp³-hybridized carbons (Fsp3) is 0.286. The van der Waals surface area contributed by atoms with Gasteiger partial charge in [0.2, 0.25) is 0 Å². The van der Waals surface area contributed by atoms with Crippen LogP contribution in [0.5, 0.6) is 0 Å². The summed E-state index contributed by atoms with van der Waals surface area (Å²) in [6.45, 7) is 0.787. The third-order valence-corrected chi connectivity index (χ3v) is 3.44. The van der Waals surface area contributed by atoms with E-state index in [4.69, 9.17) is 5.73 Å². The van der Waals surface area contributed by atoms with E-state index in [0.29, 0.717) is 5.92 Å². The van der Waals surface area contributed by atoms with Crippen molar-refractivity contribution < 1.29 is 0 Å². The van der Waals surface area contributed by atoms with E-state index in [2.05, 4.69) is 36.4 Å². The highest BCUT2D eigenvalue weighted by molar-refractivity contribution is 5.91. The minimum Gasteiger partial charge on any atom is -0.330 e. The van der Waals surface area contributed by atoms with Crippen molar-refractivity contribution in [2.75, 3.05) is 6.54 Å². The minimum atomic E-state index is 0.649. The molecule has 3 rings (SSSR count). The van der Waals surface area contributed by atoms with Crippen LogP contribution in [0.1, 0.15) is 23.5 Å². The van der Waals surface area contributed by atoms with Crippen molar-refractivity contribution in [2.24, 2.45) is 5.73 Å². The van der Waals surface area contributed by atoms with Gasteiger partial charge in [-0.3, -0.25) is 0 Å². The second kappa shape index (κ2) is 3.35. The van der Waals surface area contributed by atoms with Gasteiger partial charge in [0.25, 0.3) is 0 Å². The molecule has 0 saturated heterocycles. The lowest BCUT2D eigenvalue weighted by Gasteiger charge is -2.09. The predicted octanol–water partition coefficient (Wildman–Crippen LogP) is 2.83. The molecule has 1 nitrogen and oxygen atoms in total. The van der Waals surface area contributed by atoms with Crippen LogP contribution in [-0.2, 0) is 6.42 Å². The lowest BCUT2D eigenvalue weighted by Crippen LogP contribution is -2.06. The summed E-state index contributed by atoms with van der Waals surface area (Å²) >= 11 is 0. The molecule has 15 heavy (non-hydrogen) atoms. The second-order valence-corrected chi connectivity index (χ2v) is 4.34. The quantitative estimate of drug-likeness (QED) is 0.787. The Morgan fingerprint density at radius 2 is 1.93 bits per heavy atom. The maximum Gasteiger partial charge on any atom is -0.00713 e. The zero-order chi connectivity index (χ0) is 10.3. The number of rotatable bonds is 2. The summed E-state index contributed by atoms with van der Waals surface area (Å²) in [6.07, 6.45) is 2.28. The van der Waals surface area contributed by atoms with Crippen molar-refractivity contribution in [3.05, 3.63) is 47.5 Å². The Kier molecular flexibility index (Phi) is 2.00. The number of hydrogen-bond donors (Lipinski definition) is 1. The molecule has 1 aliphatic carbocycles. The van der Waals surface area contributed by atoms with Crippen molar-refractivity contribution in [1.82, 2.24) is 0 Å². The second-order valence-electron chi connectivity index (χ2n) is 4.34. The standard InChI is InChI=1S/C14H15N/c15-8-7-11-9-12-5-1-3-10-4-2-6-13(11)14(10)12/h1-6,11H,7-9,15H2/t11-/m1/s1. The van der Waals surface area contributed by atoms with E-state index in [1.54, 1.807) is 0 Å². The number of nitrogens with two attached hydrogens (primary N) is 1. The topological polar surface area (TPSA) is 26.0 Å². The van der Waals surface area contributed by atoms with Crippen LogP contribution in [0.25, 0.3) is 10.8 Å². The van der Waals surface area contributed by atoms with Gasteiger partial charge in [0.15, 0.2) is 0 Å².